The van der Waals surface area contributed by atoms with Crippen molar-refractivity contribution in [1.29, 1.82) is 0 Å². The summed E-state index contributed by atoms with van der Waals surface area (Å²) in [4.78, 5) is 12.5. The smallest absolute Gasteiger partial charge is 0.143 e. The maximum absolute atomic E-state index is 14.6. The minimum absolute atomic E-state index is 0.0884. The summed E-state index contributed by atoms with van der Waals surface area (Å²) >= 11 is 0. The van der Waals surface area contributed by atoms with Crippen LogP contribution in [0.15, 0.2) is 12.1 Å². The third-order valence-electron chi connectivity index (χ3n) is 4.02. The molecule has 1 aliphatic rings. The molecule has 2 unspecified atom stereocenters. The van der Waals surface area contributed by atoms with E-state index in [0.717, 1.165) is 0 Å². The standard InChI is InChI=1S/C18H21FO4/c1-3-12-10-13(19)17(16(11-12)22-2)18-14(20)6-4-8-23-9-5-7-15(18)21/h1,10-11,14,18,20H,4-9H2,2H3. The van der Waals surface area contributed by atoms with Crippen LogP contribution in [-0.4, -0.2) is 37.3 Å². The highest BCUT2D eigenvalue weighted by atomic mass is 19.1. The Labute approximate surface area is 135 Å². The molecular weight excluding hydrogens is 299 g/mol. The summed E-state index contributed by atoms with van der Waals surface area (Å²) in [5, 5.41) is 10.4. The van der Waals surface area contributed by atoms with Crippen LogP contribution in [-0.2, 0) is 9.53 Å². The first-order valence-electron chi connectivity index (χ1n) is 7.71. The van der Waals surface area contributed by atoms with Gasteiger partial charge in [-0.25, -0.2) is 4.39 Å². The lowest BCUT2D eigenvalue weighted by molar-refractivity contribution is -0.124. The van der Waals surface area contributed by atoms with Crippen LogP contribution in [0, 0.1) is 18.2 Å². The van der Waals surface area contributed by atoms with E-state index in [1.54, 1.807) is 0 Å². The Hall–Kier alpha value is -1.90. The van der Waals surface area contributed by atoms with E-state index < -0.39 is 17.8 Å². The topological polar surface area (TPSA) is 55.8 Å². The van der Waals surface area contributed by atoms with Gasteiger partial charge in [0.1, 0.15) is 17.3 Å². The predicted octanol–water partition coefficient (Wildman–Crippen LogP) is 2.42. The van der Waals surface area contributed by atoms with Crippen molar-refractivity contribution >= 4 is 5.78 Å². The molecule has 1 aromatic rings. The van der Waals surface area contributed by atoms with E-state index in [9.17, 15) is 14.3 Å². The monoisotopic (exact) mass is 320 g/mol. The third kappa shape index (κ3) is 4.10. The van der Waals surface area contributed by atoms with Crippen LogP contribution in [0.1, 0.15) is 42.7 Å². The number of ketones is 1. The minimum atomic E-state index is -0.982. The molecule has 0 saturated carbocycles. The van der Waals surface area contributed by atoms with E-state index in [-0.39, 0.29) is 23.5 Å². The maximum Gasteiger partial charge on any atom is 0.143 e. The third-order valence-corrected chi connectivity index (χ3v) is 4.02. The fourth-order valence-corrected chi connectivity index (χ4v) is 2.88. The molecule has 1 N–H and O–H groups in total. The van der Waals surface area contributed by atoms with Gasteiger partial charge in [0.15, 0.2) is 0 Å². The first kappa shape index (κ1) is 17.5. The van der Waals surface area contributed by atoms with Crippen LogP contribution < -0.4 is 4.74 Å². The lowest BCUT2D eigenvalue weighted by Gasteiger charge is -2.25. The average molecular weight is 320 g/mol. The van der Waals surface area contributed by atoms with E-state index in [2.05, 4.69) is 5.92 Å². The van der Waals surface area contributed by atoms with E-state index in [4.69, 9.17) is 15.9 Å². The number of terminal acetylenes is 1. The number of rotatable bonds is 2. The zero-order chi connectivity index (χ0) is 16.8. The van der Waals surface area contributed by atoms with Crippen molar-refractivity contribution in [1.82, 2.24) is 0 Å². The Balaban J connectivity index is 2.45. The van der Waals surface area contributed by atoms with Crippen LogP contribution in [0.25, 0.3) is 0 Å². The Kier molecular flexibility index (Phi) is 6.14. The van der Waals surface area contributed by atoms with Gasteiger partial charge in [-0.2, -0.15) is 0 Å². The lowest BCUT2D eigenvalue weighted by Crippen LogP contribution is -2.29. The second kappa shape index (κ2) is 8.09. The molecule has 0 aromatic heterocycles. The van der Waals surface area contributed by atoms with Crippen LogP contribution in [0.5, 0.6) is 5.75 Å². The number of Topliss-reactive ketones (excluding diaryl/α,β-unsaturated/α-hetero) is 1. The molecule has 124 valence electrons. The molecule has 2 rings (SSSR count). The molecule has 0 radical (unpaired) electrons. The van der Waals surface area contributed by atoms with Crippen molar-refractivity contribution in [3.63, 3.8) is 0 Å². The minimum Gasteiger partial charge on any atom is -0.496 e. The summed E-state index contributed by atoms with van der Waals surface area (Å²) in [6, 6.07) is 2.71. The number of methoxy groups -OCH3 is 1. The first-order valence-corrected chi connectivity index (χ1v) is 7.71. The van der Waals surface area contributed by atoms with Crippen LogP contribution in [0.2, 0.25) is 0 Å². The summed E-state index contributed by atoms with van der Waals surface area (Å²) < 4.78 is 25.2. The number of hydrogen-bond acceptors (Lipinski definition) is 4. The molecule has 0 bridgehead atoms. The Morgan fingerprint density at radius 3 is 2.83 bits per heavy atom. The molecule has 5 heteroatoms. The number of aliphatic hydroxyl groups is 1. The van der Waals surface area contributed by atoms with Crippen molar-refractivity contribution in [3.05, 3.63) is 29.1 Å². The molecular formula is C18H21FO4. The zero-order valence-electron chi connectivity index (χ0n) is 13.2. The van der Waals surface area contributed by atoms with Gasteiger partial charge in [-0.05, 0) is 31.4 Å². The number of carbonyl (C=O) groups excluding carboxylic acids is 1. The lowest BCUT2D eigenvalue weighted by atomic mass is 9.84. The van der Waals surface area contributed by atoms with Crippen molar-refractivity contribution < 1.29 is 23.8 Å². The molecule has 4 nitrogen and oxygen atoms in total. The van der Waals surface area contributed by atoms with Gasteiger partial charge < -0.3 is 14.6 Å². The number of hydrogen-bond donors (Lipinski definition) is 1. The van der Waals surface area contributed by atoms with Gasteiger partial charge in [-0.3, -0.25) is 4.79 Å². The van der Waals surface area contributed by atoms with Crippen LogP contribution in [0.4, 0.5) is 4.39 Å². The average Bonchev–Trinajstić information content (AvgIpc) is 2.54. The molecule has 1 aliphatic heterocycles. The second-order valence-corrected chi connectivity index (χ2v) is 5.59. The molecule has 0 amide bonds. The predicted molar refractivity (Wildman–Crippen MR) is 83.9 cm³/mol. The van der Waals surface area contributed by atoms with Gasteiger partial charge in [-0.15, -0.1) is 6.42 Å². The highest BCUT2D eigenvalue weighted by molar-refractivity contribution is 5.87. The highest BCUT2D eigenvalue weighted by Gasteiger charge is 2.33. The van der Waals surface area contributed by atoms with Gasteiger partial charge in [0, 0.05) is 30.8 Å². The maximum atomic E-state index is 14.6. The summed E-state index contributed by atoms with van der Waals surface area (Å²) in [6.45, 7) is 1.01. The quantitative estimate of drug-likeness (QED) is 0.850. The summed E-state index contributed by atoms with van der Waals surface area (Å²) in [5.41, 5.74) is 0.420. The first-order chi connectivity index (χ1) is 11.1. The number of halogens is 1. The number of ether oxygens (including phenoxy) is 2. The summed E-state index contributed by atoms with van der Waals surface area (Å²) in [7, 11) is 1.39. The fraction of sp³-hybridized carbons (Fsp3) is 0.500. The molecule has 23 heavy (non-hydrogen) atoms. The number of carbonyl (C=O) groups is 1. The second-order valence-electron chi connectivity index (χ2n) is 5.59. The van der Waals surface area contributed by atoms with Crippen molar-refractivity contribution in [2.24, 2.45) is 0 Å². The van der Waals surface area contributed by atoms with Gasteiger partial charge in [0.05, 0.1) is 19.1 Å². The zero-order valence-corrected chi connectivity index (χ0v) is 13.2. The molecule has 0 spiro atoms. The van der Waals surface area contributed by atoms with Crippen molar-refractivity contribution in [2.45, 2.75) is 37.7 Å². The SMILES string of the molecule is C#Cc1cc(F)c(C2C(=O)CCCOCCCC2O)c(OC)c1. The number of aliphatic hydroxyl groups excluding tert-OH is 1. The normalized spacial score (nSPS) is 23.1. The largest absolute Gasteiger partial charge is 0.496 e. The van der Waals surface area contributed by atoms with Gasteiger partial charge in [-0.1, -0.05) is 5.92 Å². The number of benzene rings is 1. The van der Waals surface area contributed by atoms with E-state index in [0.29, 0.717) is 38.0 Å². The Bertz CT molecular complexity index is 606. The van der Waals surface area contributed by atoms with Crippen LogP contribution in [0.3, 0.4) is 0 Å². The van der Waals surface area contributed by atoms with Gasteiger partial charge in [0.2, 0.25) is 0 Å². The van der Waals surface area contributed by atoms with Gasteiger partial charge in [0.25, 0.3) is 0 Å². The van der Waals surface area contributed by atoms with Crippen molar-refractivity contribution in [3.8, 4) is 18.1 Å². The Morgan fingerprint density at radius 1 is 1.39 bits per heavy atom. The van der Waals surface area contributed by atoms with E-state index >= 15 is 0 Å². The van der Waals surface area contributed by atoms with Crippen LogP contribution >= 0.6 is 0 Å². The summed E-state index contributed by atoms with van der Waals surface area (Å²) in [6.07, 6.45) is 6.06. The molecule has 1 fully saturated rings. The molecule has 1 heterocycles. The Morgan fingerprint density at radius 2 is 2.13 bits per heavy atom. The summed E-state index contributed by atoms with van der Waals surface area (Å²) in [5.74, 6) is 0.764. The molecule has 2 atom stereocenters. The van der Waals surface area contributed by atoms with Crippen molar-refractivity contribution in [2.75, 3.05) is 20.3 Å². The van der Waals surface area contributed by atoms with E-state index in [1.807, 2.05) is 0 Å². The highest BCUT2D eigenvalue weighted by Crippen LogP contribution is 2.36. The fourth-order valence-electron chi connectivity index (χ4n) is 2.88. The van der Waals surface area contributed by atoms with Gasteiger partial charge >= 0.3 is 0 Å². The molecule has 0 aliphatic carbocycles. The molecule has 1 aromatic carbocycles. The molecule has 1 saturated heterocycles. The van der Waals surface area contributed by atoms with E-state index in [1.165, 1.54) is 19.2 Å².